The molecule has 0 spiro atoms. The first-order valence-corrected chi connectivity index (χ1v) is 9.44. The number of carbonyl (C=O) groups is 1. The van der Waals surface area contributed by atoms with Gasteiger partial charge in [-0.1, -0.05) is 36.4 Å². The molecule has 0 atom stereocenters. The highest BCUT2D eigenvalue weighted by molar-refractivity contribution is 6.04. The average Bonchev–Trinajstić information content (AvgIpc) is 3.11. The fourth-order valence-corrected chi connectivity index (χ4v) is 3.20. The molecule has 30 heavy (non-hydrogen) atoms. The van der Waals surface area contributed by atoms with Gasteiger partial charge in [-0.3, -0.25) is 10.1 Å². The van der Waals surface area contributed by atoms with Crippen molar-refractivity contribution in [1.29, 1.82) is 0 Å². The summed E-state index contributed by atoms with van der Waals surface area (Å²) in [6.07, 6.45) is 0. The van der Waals surface area contributed by atoms with Gasteiger partial charge in [0.2, 0.25) is 5.95 Å². The van der Waals surface area contributed by atoms with E-state index in [9.17, 15) is 9.18 Å². The number of amides is 1. The summed E-state index contributed by atoms with van der Waals surface area (Å²) in [5.41, 5.74) is 1.52. The molecule has 1 amide bonds. The molecule has 4 aromatic rings. The van der Waals surface area contributed by atoms with Gasteiger partial charge in [0, 0.05) is 0 Å². The summed E-state index contributed by atoms with van der Waals surface area (Å²) >= 11 is 0. The lowest BCUT2D eigenvalue weighted by molar-refractivity contribution is 0.102. The number of anilines is 1. The van der Waals surface area contributed by atoms with Gasteiger partial charge in [-0.05, 0) is 36.4 Å². The maximum atomic E-state index is 14.0. The molecule has 0 fully saturated rings. The van der Waals surface area contributed by atoms with Gasteiger partial charge < -0.3 is 14.0 Å². The lowest BCUT2D eigenvalue weighted by Gasteiger charge is -2.13. The summed E-state index contributed by atoms with van der Waals surface area (Å²) in [7, 11) is 1.59. The van der Waals surface area contributed by atoms with Crippen LogP contribution in [0.2, 0.25) is 0 Å². The summed E-state index contributed by atoms with van der Waals surface area (Å²) < 4.78 is 27.0. The molecule has 1 aromatic heterocycles. The monoisotopic (exact) mass is 405 g/mol. The second-order valence-corrected chi connectivity index (χ2v) is 6.51. The zero-order chi connectivity index (χ0) is 20.9. The number of fused-ring (bicyclic) bond motifs is 1. The van der Waals surface area contributed by atoms with Crippen molar-refractivity contribution in [1.82, 2.24) is 9.55 Å². The lowest BCUT2D eigenvalue weighted by Crippen LogP contribution is -2.18. The van der Waals surface area contributed by atoms with Crippen LogP contribution < -0.4 is 14.8 Å². The normalized spacial score (nSPS) is 10.7. The summed E-state index contributed by atoms with van der Waals surface area (Å²) in [6.45, 7) is 0.745. The number of carbonyl (C=O) groups excluding carboxylic acids is 1. The second kappa shape index (κ2) is 8.65. The number of rotatable bonds is 7. The Kier molecular flexibility index (Phi) is 5.61. The van der Waals surface area contributed by atoms with Gasteiger partial charge in [0.25, 0.3) is 5.91 Å². The van der Waals surface area contributed by atoms with Gasteiger partial charge in [-0.15, -0.1) is 0 Å². The molecular formula is C23H20FN3O3. The number of benzene rings is 3. The van der Waals surface area contributed by atoms with Gasteiger partial charge in [-0.2, -0.15) is 0 Å². The van der Waals surface area contributed by atoms with Crippen LogP contribution >= 0.6 is 0 Å². The molecule has 6 nitrogen and oxygen atoms in total. The Hall–Kier alpha value is -3.87. The van der Waals surface area contributed by atoms with E-state index < -0.39 is 11.7 Å². The third-order valence-electron chi connectivity index (χ3n) is 4.64. The highest BCUT2D eigenvalue weighted by Crippen LogP contribution is 2.26. The zero-order valence-corrected chi connectivity index (χ0v) is 16.3. The summed E-state index contributed by atoms with van der Waals surface area (Å²) in [5, 5.41) is 2.72. The average molecular weight is 405 g/mol. The fraction of sp³-hybridized carbons (Fsp3) is 0.130. The van der Waals surface area contributed by atoms with E-state index in [1.54, 1.807) is 13.2 Å². The maximum Gasteiger partial charge on any atom is 0.260 e. The molecule has 4 rings (SSSR count). The van der Waals surface area contributed by atoms with Crippen molar-refractivity contribution in [2.75, 3.05) is 19.0 Å². The number of aromatic nitrogens is 2. The molecular weight excluding hydrogens is 385 g/mol. The number of hydrogen-bond acceptors (Lipinski definition) is 4. The molecule has 1 heterocycles. The number of imidazole rings is 1. The molecule has 152 valence electrons. The Morgan fingerprint density at radius 3 is 2.50 bits per heavy atom. The molecule has 0 aliphatic heterocycles. The second-order valence-electron chi connectivity index (χ2n) is 6.51. The van der Waals surface area contributed by atoms with Crippen LogP contribution in [-0.4, -0.2) is 29.2 Å². The molecule has 0 bridgehead atoms. The standard InChI is InChI=1S/C23H20FN3O3/c1-29-20-12-6-7-13-21(20)30-15-14-27-19-11-5-4-10-18(19)25-23(27)26-22(28)16-8-2-3-9-17(16)24/h2-13H,14-15H2,1H3,(H,25,26,28). The van der Waals surface area contributed by atoms with Crippen molar-refractivity contribution in [3.05, 3.63) is 84.2 Å². The lowest BCUT2D eigenvalue weighted by atomic mass is 10.2. The number of hydrogen-bond donors (Lipinski definition) is 1. The zero-order valence-electron chi connectivity index (χ0n) is 16.3. The van der Waals surface area contributed by atoms with E-state index in [1.165, 1.54) is 18.2 Å². The summed E-state index contributed by atoms with van der Waals surface area (Å²) in [5.74, 6) is 0.447. The number of nitrogens with zero attached hydrogens (tertiary/aromatic N) is 2. The molecule has 0 aliphatic rings. The first-order chi connectivity index (χ1) is 14.7. The van der Waals surface area contributed by atoms with Crippen LogP contribution in [0.3, 0.4) is 0 Å². The molecule has 1 N–H and O–H groups in total. The van der Waals surface area contributed by atoms with Gasteiger partial charge in [0.15, 0.2) is 11.5 Å². The number of ether oxygens (including phenoxy) is 2. The van der Waals surface area contributed by atoms with E-state index in [-0.39, 0.29) is 5.56 Å². The van der Waals surface area contributed by atoms with Crippen molar-refractivity contribution in [2.24, 2.45) is 0 Å². The fourth-order valence-electron chi connectivity index (χ4n) is 3.20. The molecule has 0 unspecified atom stereocenters. The van der Waals surface area contributed by atoms with Crippen LogP contribution in [0.4, 0.5) is 10.3 Å². The van der Waals surface area contributed by atoms with Gasteiger partial charge in [0.1, 0.15) is 12.4 Å². The van der Waals surface area contributed by atoms with Crippen LogP contribution in [0, 0.1) is 5.82 Å². The van der Waals surface area contributed by atoms with E-state index in [2.05, 4.69) is 10.3 Å². The van der Waals surface area contributed by atoms with Crippen LogP contribution in [0.25, 0.3) is 11.0 Å². The van der Waals surface area contributed by atoms with Gasteiger partial charge in [-0.25, -0.2) is 9.37 Å². The minimum Gasteiger partial charge on any atom is -0.493 e. The Morgan fingerprint density at radius 1 is 1.00 bits per heavy atom. The molecule has 0 aliphatic carbocycles. The van der Waals surface area contributed by atoms with E-state index in [4.69, 9.17) is 9.47 Å². The maximum absolute atomic E-state index is 14.0. The number of methoxy groups -OCH3 is 1. The largest absolute Gasteiger partial charge is 0.493 e. The van der Waals surface area contributed by atoms with Crippen molar-refractivity contribution in [3.8, 4) is 11.5 Å². The van der Waals surface area contributed by atoms with Crippen LogP contribution in [-0.2, 0) is 6.54 Å². The van der Waals surface area contributed by atoms with E-state index in [0.717, 1.165) is 11.0 Å². The van der Waals surface area contributed by atoms with Gasteiger partial charge >= 0.3 is 0 Å². The Morgan fingerprint density at radius 2 is 1.70 bits per heavy atom. The van der Waals surface area contributed by atoms with E-state index in [0.29, 0.717) is 30.6 Å². The Bertz CT molecular complexity index is 1190. The summed E-state index contributed by atoms with van der Waals surface area (Å²) in [6, 6.07) is 20.7. The van der Waals surface area contributed by atoms with Crippen molar-refractivity contribution >= 4 is 22.9 Å². The first kappa shape index (κ1) is 19.4. The summed E-state index contributed by atoms with van der Waals surface area (Å²) in [4.78, 5) is 17.1. The van der Waals surface area contributed by atoms with Gasteiger partial charge in [0.05, 0.1) is 30.3 Å². The number of nitrogens with one attached hydrogen (secondary N) is 1. The van der Waals surface area contributed by atoms with Crippen molar-refractivity contribution in [3.63, 3.8) is 0 Å². The smallest absolute Gasteiger partial charge is 0.260 e. The van der Waals surface area contributed by atoms with E-state index >= 15 is 0 Å². The predicted octanol–water partition coefficient (Wildman–Crippen LogP) is 4.52. The molecule has 0 radical (unpaired) electrons. The van der Waals surface area contributed by atoms with Crippen LogP contribution in [0.5, 0.6) is 11.5 Å². The number of halogens is 1. The SMILES string of the molecule is COc1ccccc1OCCn1c(NC(=O)c2ccccc2F)nc2ccccc21. The highest BCUT2D eigenvalue weighted by Gasteiger charge is 2.17. The third kappa shape index (κ3) is 3.96. The molecule has 0 saturated carbocycles. The third-order valence-corrected chi connectivity index (χ3v) is 4.64. The molecule has 7 heteroatoms. The first-order valence-electron chi connectivity index (χ1n) is 9.44. The van der Waals surface area contributed by atoms with E-state index in [1.807, 2.05) is 53.1 Å². The number of para-hydroxylation sites is 4. The Balaban J connectivity index is 1.57. The molecule has 0 saturated heterocycles. The Labute approximate surface area is 172 Å². The minimum atomic E-state index is -0.586. The van der Waals surface area contributed by atoms with Crippen molar-refractivity contribution < 1.29 is 18.7 Å². The highest BCUT2D eigenvalue weighted by atomic mass is 19.1. The van der Waals surface area contributed by atoms with Crippen LogP contribution in [0.15, 0.2) is 72.8 Å². The molecule has 3 aromatic carbocycles. The topological polar surface area (TPSA) is 65.4 Å². The quantitative estimate of drug-likeness (QED) is 0.491. The van der Waals surface area contributed by atoms with Crippen molar-refractivity contribution in [2.45, 2.75) is 6.54 Å². The predicted molar refractivity (Wildman–Crippen MR) is 113 cm³/mol. The minimum absolute atomic E-state index is 0.0404. The van der Waals surface area contributed by atoms with Crippen LogP contribution in [0.1, 0.15) is 10.4 Å².